The fraction of sp³-hybridized carbons (Fsp3) is 0.136. The first-order valence-electron chi connectivity index (χ1n) is 9.25. The van der Waals surface area contributed by atoms with Crippen LogP contribution >= 0.6 is 11.6 Å². The van der Waals surface area contributed by atoms with Gasteiger partial charge in [-0.1, -0.05) is 36.2 Å². The minimum absolute atomic E-state index is 0.00451. The van der Waals surface area contributed by atoms with Crippen molar-refractivity contribution < 1.29 is 28.5 Å². The second-order valence-corrected chi connectivity index (χ2v) is 9.25. The van der Waals surface area contributed by atoms with Crippen LogP contribution in [0.1, 0.15) is 28.4 Å². The molecule has 0 saturated carbocycles. The lowest BCUT2D eigenvalue weighted by molar-refractivity contribution is 0.102. The van der Waals surface area contributed by atoms with Crippen LogP contribution in [0.2, 0.25) is 5.02 Å². The molecule has 0 saturated heterocycles. The maximum absolute atomic E-state index is 12.9. The van der Waals surface area contributed by atoms with Crippen molar-refractivity contribution in [3.8, 4) is 17.2 Å². The maximum atomic E-state index is 12.9. The van der Waals surface area contributed by atoms with E-state index < -0.39 is 33.0 Å². The highest BCUT2D eigenvalue weighted by Crippen LogP contribution is 2.41. The van der Waals surface area contributed by atoms with Crippen LogP contribution in [-0.2, 0) is 16.3 Å². The smallest absolute Gasteiger partial charge is 0.259 e. The van der Waals surface area contributed by atoms with Gasteiger partial charge in [0, 0.05) is 0 Å². The monoisotopic (exact) mass is 461 g/mol. The zero-order valence-corrected chi connectivity index (χ0v) is 18.3. The molecule has 0 spiro atoms. The third-order valence-electron chi connectivity index (χ3n) is 4.78. The van der Waals surface area contributed by atoms with Crippen molar-refractivity contribution in [1.29, 1.82) is 0 Å². The number of anilines is 1. The van der Waals surface area contributed by atoms with E-state index in [-0.39, 0.29) is 31.6 Å². The zero-order chi connectivity index (χ0) is 22.9. The van der Waals surface area contributed by atoms with Gasteiger partial charge in [-0.05, 0) is 55.3 Å². The fourth-order valence-electron chi connectivity index (χ4n) is 2.96. The highest BCUT2D eigenvalue weighted by atomic mass is 35.5. The topological polar surface area (TPSA) is 124 Å². The number of hydrogen-bond donors (Lipinski definition) is 4. The quantitative estimate of drug-likeness (QED) is 0.417. The Labute approximate surface area is 184 Å². The second-order valence-electron chi connectivity index (χ2n) is 6.89. The lowest BCUT2D eigenvalue weighted by atomic mass is 10.0. The van der Waals surface area contributed by atoms with Crippen LogP contribution in [-0.4, -0.2) is 29.6 Å². The van der Waals surface area contributed by atoms with E-state index in [2.05, 4.69) is 5.32 Å². The van der Waals surface area contributed by atoms with E-state index in [0.29, 0.717) is 6.42 Å². The average Bonchev–Trinajstić information content (AvgIpc) is 2.74. The number of aryl methyl sites for hydroxylation is 2. The molecule has 9 heteroatoms. The number of amides is 1. The summed E-state index contributed by atoms with van der Waals surface area (Å²) in [6, 6.07) is 11.4. The normalized spacial score (nSPS) is 11.3. The second kappa shape index (κ2) is 8.49. The Morgan fingerprint density at radius 2 is 1.55 bits per heavy atom. The maximum Gasteiger partial charge on any atom is 0.259 e. The number of sulfone groups is 1. The fourth-order valence-corrected chi connectivity index (χ4v) is 4.41. The van der Waals surface area contributed by atoms with E-state index in [1.165, 1.54) is 36.4 Å². The van der Waals surface area contributed by atoms with Gasteiger partial charge in [0.05, 0.1) is 26.1 Å². The molecule has 4 N–H and O–H groups in total. The zero-order valence-electron chi connectivity index (χ0n) is 16.7. The molecule has 0 fully saturated rings. The van der Waals surface area contributed by atoms with Crippen LogP contribution in [0.4, 0.5) is 5.69 Å². The SMILES string of the molecule is CCc1cc(C(=O)Nc2cc(S(=O)(=O)c3ccc(C)cc3)ccc2Cl)c(O)c(O)c1O. The molecule has 0 atom stereocenters. The summed E-state index contributed by atoms with van der Waals surface area (Å²) in [6.07, 6.45) is 0.297. The van der Waals surface area contributed by atoms with Crippen LogP contribution in [0, 0.1) is 6.92 Å². The number of nitrogens with one attached hydrogen (secondary N) is 1. The lowest BCUT2D eigenvalue weighted by Gasteiger charge is -2.13. The van der Waals surface area contributed by atoms with E-state index in [9.17, 15) is 28.5 Å². The van der Waals surface area contributed by atoms with E-state index >= 15 is 0 Å². The molecule has 1 amide bonds. The van der Waals surface area contributed by atoms with Gasteiger partial charge in [-0.2, -0.15) is 0 Å². The van der Waals surface area contributed by atoms with Crippen LogP contribution in [0.15, 0.2) is 58.3 Å². The number of phenols is 3. The highest BCUT2D eigenvalue weighted by molar-refractivity contribution is 7.91. The van der Waals surface area contributed by atoms with Gasteiger partial charge in [0.25, 0.3) is 5.91 Å². The van der Waals surface area contributed by atoms with Gasteiger partial charge in [-0.3, -0.25) is 4.79 Å². The first-order chi connectivity index (χ1) is 14.6. The molecule has 0 radical (unpaired) electrons. The van der Waals surface area contributed by atoms with Crippen molar-refractivity contribution in [1.82, 2.24) is 0 Å². The van der Waals surface area contributed by atoms with Crippen molar-refractivity contribution in [3.63, 3.8) is 0 Å². The van der Waals surface area contributed by atoms with Crippen molar-refractivity contribution >= 4 is 33.0 Å². The van der Waals surface area contributed by atoms with Crippen LogP contribution in [0.25, 0.3) is 0 Å². The first kappa shape index (κ1) is 22.5. The van der Waals surface area contributed by atoms with Crippen molar-refractivity contribution in [2.24, 2.45) is 0 Å². The molecular weight excluding hydrogens is 442 g/mol. The number of halogens is 1. The minimum atomic E-state index is -3.86. The van der Waals surface area contributed by atoms with Crippen molar-refractivity contribution in [2.75, 3.05) is 5.32 Å². The molecule has 3 rings (SSSR count). The molecule has 0 heterocycles. The number of hydrogen-bond acceptors (Lipinski definition) is 6. The van der Waals surface area contributed by atoms with E-state index in [4.69, 9.17) is 11.6 Å². The molecule has 31 heavy (non-hydrogen) atoms. The average molecular weight is 462 g/mol. The van der Waals surface area contributed by atoms with Crippen LogP contribution in [0.3, 0.4) is 0 Å². The van der Waals surface area contributed by atoms with Gasteiger partial charge < -0.3 is 20.6 Å². The largest absolute Gasteiger partial charge is 0.504 e. The molecule has 0 unspecified atom stereocenters. The number of rotatable bonds is 5. The van der Waals surface area contributed by atoms with E-state index in [0.717, 1.165) is 5.56 Å². The van der Waals surface area contributed by atoms with Gasteiger partial charge in [0.15, 0.2) is 11.5 Å². The van der Waals surface area contributed by atoms with Gasteiger partial charge in [-0.25, -0.2) is 8.42 Å². The number of carbonyl (C=O) groups excluding carboxylic acids is 1. The third-order valence-corrected chi connectivity index (χ3v) is 6.88. The third kappa shape index (κ3) is 4.30. The molecule has 0 aliphatic rings. The van der Waals surface area contributed by atoms with E-state index in [1.54, 1.807) is 19.1 Å². The predicted octanol–water partition coefficient (Wildman–Crippen LogP) is 4.41. The summed E-state index contributed by atoms with van der Waals surface area (Å²) in [6.45, 7) is 3.54. The Kier molecular flexibility index (Phi) is 6.15. The lowest BCUT2D eigenvalue weighted by Crippen LogP contribution is -2.14. The Hall–Kier alpha value is -3.23. The molecule has 3 aromatic rings. The van der Waals surface area contributed by atoms with Gasteiger partial charge in [0.1, 0.15) is 0 Å². The molecule has 7 nitrogen and oxygen atoms in total. The van der Waals surface area contributed by atoms with Gasteiger partial charge >= 0.3 is 0 Å². The molecule has 3 aromatic carbocycles. The molecule has 0 bridgehead atoms. The molecule has 162 valence electrons. The summed E-state index contributed by atoms with van der Waals surface area (Å²) >= 11 is 6.14. The molecule has 0 aromatic heterocycles. The van der Waals surface area contributed by atoms with Gasteiger partial charge in [-0.15, -0.1) is 0 Å². The minimum Gasteiger partial charge on any atom is -0.504 e. The number of phenolic OH excluding ortho intramolecular Hbond substituents is 3. The first-order valence-corrected chi connectivity index (χ1v) is 11.1. The van der Waals surface area contributed by atoms with Crippen LogP contribution in [0.5, 0.6) is 17.2 Å². The van der Waals surface area contributed by atoms with Crippen molar-refractivity contribution in [2.45, 2.75) is 30.1 Å². The van der Waals surface area contributed by atoms with E-state index in [1.807, 2.05) is 6.92 Å². The highest BCUT2D eigenvalue weighted by Gasteiger charge is 2.23. The number of carbonyl (C=O) groups is 1. The summed E-state index contributed by atoms with van der Waals surface area (Å²) < 4.78 is 25.9. The number of aromatic hydroxyl groups is 3. The predicted molar refractivity (Wildman–Crippen MR) is 117 cm³/mol. The van der Waals surface area contributed by atoms with Crippen molar-refractivity contribution in [3.05, 3.63) is 70.2 Å². The summed E-state index contributed by atoms with van der Waals surface area (Å²) in [7, 11) is -3.86. The summed E-state index contributed by atoms with van der Waals surface area (Å²) in [5.74, 6) is -2.96. The standard InChI is InChI=1S/C22H20ClNO6S/c1-3-13-10-16(20(26)21(27)19(13)25)22(28)24-18-11-15(8-9-17(18)23)31(29,30)14-6-4-12(2)5-7-14/h4-11,25-27H,3H2,1-2H3,(H,24,28). The summed E-state index contributed by atoms with van der Waals surface area (Å²) in [5.41, 5.74) is 0.869. The molecular formula is C22H20ClNO6S. The van der Waals surface area contributed by atoms with Gasteiger partial charge in [0.2, 0.25) is 15.6 Å². The Balaban J connectivity index is 1.99. The molecule has 0 aliphatic heterocycles. The van der Waals surface area contributed by atoms with Crippen LogP contribution < -0.4 is 5.32 Å². The Morgan fingerprint density at radius 1 is 0.935 bits per heavy atom. The Morgan fingerprint density at radius 3 is 2.16 bits per heavy atom. The Bertz CT molecular complexity index is 1270. The summed E-state index contributed by atoms with van der Waals surface area (Å²) in [5, 5.41) is 32.3. The summed E-state index contributed by atoms with van der Waals surface area (Å²) in [4.78, 5) is 12.7. The molecule has 0 aliphatic carbocycles. The number of benzene rings is 3.